The van der Waals surface area contributed by atoms with Crippen LogP contribution >= 0.6 is 15.9 Å². The number of nitrogens with zero attached hydrogens (tertiary/aromatic N) is 1. The Morgan fingerprint density at radius 1 is 1.24 bits per heavy atom. The van der Waals surface area contributed by atoms with Crippen LogP contribution in [-0.2, 0) is 6.18 Å². The topological polar surface area (TPSA) is 59.4 Å². The van der Waals surface area contributed by atoms with E-state index in [4.69, 9.17) is 9.84 Å². The molecule has 0 saturated carbocycles. The summed E-state index contributed by atoms with van der Waals surface area (Å²) in [5, 5.41) is 8.98. The third-order valence-electron chi connectivity index (χ3n) is 2.39. The van der Waals surface area contributed by atoms with Crippen LogP contribution in [0.15, 0.2) is 40.9 Å². The van der Waals surface area contributed by atoms with Gasteiger partial charge in [-0.05, 0) is 30.3 Å². The van der Waals surface area contributed by atoms with Crippen molar-refractivity contribution in [3.63, 3.8) is 0 Å². The average molecular weight is 362 g/mol. The number of halogens is 4. The van der Waals surface area contributed by atoms with E-state index in [1.807, 2.05) is 0 Å². The second-order valence-electron chi connectivity index (χ2n) is 3.91. The maximum atomic E-state index is 12.6. The standard InChI is InChI=1S/C13H7BrF3NO3/c14-7-2-1-3-8(6-7)21-11-9(12(19)20)4-5-10(18-11)13(15,16)17/h1-6H,(H,19,20). The molecule has 0 aliphatic carbocycles. The summed E-state index contributed by atoms with van der Waals surface area (Å²) in [6.07, 6.45) is -4.69. The lowest BCUT2D eigenvalue weighted by Crippen LogP contribution is -2.11. The Morgan fingerprint density at radius 2 is 1.95 bits per heavy atom. The maximum Gasteiger partial charge on any atom is 0.433 e. The second kappa shape index (κ2) is 5.72. The molecule has 0 unspecified atom stereocenters. The molecule has 8 heteroatoms. The van der Waals surface area contributed by atoms with Crippen molar-refractivity contribution in [3.05, 3.63) is 52.1 Å². The van der Waals surface area contributed by atoms with E-state index in [-0.39, 0.29) is 5.75 Å². The highest BCUT2D eigenvalue weighted by atomic mass is 79.9. The Kier molecular flexibility index (Phi) is 4.17. The largest absolute Gasteiger partial charge is 0.477 e. The van der Waals surface area contributed by atoms with E-state index in [0.717, 1.165) is 6.07 Å². The van der Waals surface area contributed by atoms with Crippen LogP contribution in [0.3, 0.4) is 0 Å². The fourth-order valence-corrected chi connectivity index (χ4v) is 1.86. The van der Waals surface area contributed by atoms with Gasteiger partial charge in [0.1, 0.15) is 17.0 Å². The number of benzene rings is 1. The molecule has 0 radical (unpaired) electrons. The highest BCUT2D eigenvalue weighted by Gasteiger charge is 2.34. The van der Waals surface area contributed by atoms with E-state index >= 15 is 0 Å². The van der Waals surface area contributed by atoms with Gasteiger partial charge in [-0.3, -0.25) is 0 Å². The lowest BCUT2D eigenvalue weighted by molar-refractivity contribution is -0.141. The van der Waals surface area contributed by atoms with Gasteiger partial charge in [0, 0.05) is 4.47 Å². The summed E-state index contributed by atoms with van der Waals surface area (Å²) in [7, 11) is 0. The predicted octanol–water partition coefficient (Wildman–Crippen LogP) is 4.35. The van der Waals surface area contributed by atoms with E-state index in [0.29, 0.717) is 10.5 Å². The van der Waals surface area contributed by atoms with Gasteiger partial charge in [-0.2, -0.15) is 13.2 Å². The molecule has 0 amide bonds. The third kappa shape index (κ3) is 3.72. The molecule has 1 aromatic heterocycles. The average Bonchev–Trinajstić information content (AvgIpc) is 2.37. The third-order valence-corrected chi connectivity index (χ3v) is 2.88. The Bertz CT molecular complexity index is 689. The van der Waals surface area contributed by atoms with Gasteiger partial charge < -0.3 is 9.84 Å². The highest BCUT2D eigenvalue weighted by molar-refractivity contribution is 9.10. The fraction of sp³-hybridized carbons (Fsp3) is 0.0769. The lowest BCUT2D eigenvalue weighted by atomic mass is 10.2. The monoisotopic (exact) mass is 361 g/mol. The smallest absolute Gasteiger partial charge is 0.433 e. The molecule has 0 bridgehead atoms. The number of aromatic carboxylic acids is 1. The Hall–Kier alpha value is -2.09. The van der Waals surface area contributed by atoms with Crippen LogP contribution in [-0.4, -0.2) is 16.1 Å². The summed E-state index contributed by atoms with van der Waals surface area (Å²) in [5.74, 6) is -1.88. The first-order valence-corrected chi connectivity index (χ1v) is 6.31. The minimum absolute atomic E-state index is 0.165. The number of pyridine rings is 1. The van der Waals surface area contributed by atoms with Crippen molar-refractivity contribution in [3.8, 4) is 11.6 Å². The zero-order chi connectivity index (χ0) is 15.6. The summed E-state index contributed by atoms with van der Waals surface area (Å²) >= 11 is 3.17. The zero-order valence-electron chi connectivity index (χ0n) is 10.2. The van der Waals surface area contributed by atoms with Crippen LogP contribution < -0.4 is 4.74 Å². The highest BCUT2D eigenvalue weighted by Crippen LogP contribution is 2.32. The summed E-state index contributed by atoms with van der Waals surface area (Å²) in [4.78, 5) is 14.3. The second-order valence-corrected chi connectivity index (χ2v) is 4.83. The van der Waals surface area contributed by atoms with Gasteiger partial charge in [0.25, 0.3) is 0 Å². The number of carbonyl (C=O) groups is 1. The first kappa shape index (κ1) is 15.3. The minimum Gasteiger partial charge on any atom is -0.477 e. The number of carboxylic acid groups (broad SMARTS) is 1. The van der Waals surface area contributed by atoms with Crippen molar-refractivity contribution in [2.45, 2.75) is 6.18 Å². The van der Waals surface area contributed by atoms with Crippen molar-refractivity contribution < 1.29 is 27.8 Å². The van der Waals surface area contributed by atoms with Crippen molar-refractivity contribution in [2.75, 3.05) is 0 Å². The lowest BCUT2D eigenvalue weighted by Gasteiger charge is -2.11. The molecule has 1 heterocycles. The number of rotatable bonds is 3. The van der Waals surface area contributed by atoms with E-state index in [2.05, 4.69) is 20.9 Å². The quantitative estimate of drug-likeness (QED) is 0.882. The van der Waals surface area contributed by atoms with Crippen LogP contribution in [0.4, 0.5) is 13.2 Å². The zero-order valence-corrected chi connectivity index (χ0v) is 11.8. The molecular weight excluding hydrogens is 355 g/mol. The normalized spacial score (nSPS) is 11.2. The van der Waals surface area contributed by atoms with Crippen LogP contribution in [0.1, 0.15) is 16.1 Å². The number of carboxylic acids is 1. The molecule has 21 heavy (non-hydrogen) atoms. The van der Waals surface area contributed by atoms with Crippen molar-refractivity contribution in [2.24, 2.45) is 0 Å². The van der Waals surface area contributed by atoms with Crippen molar-refractivity contribution >= 4 is 21.9 Å². The van der Waals surface area contributed by atoms with E-state index in [1.165, 1.54) is 12.1 Å². The molecule has 1 aromatic carbocycles. The molecule has 0 atom stereocenters. The van der Waals surface area contributed by atoms with Gasteiger partial charge >= 0.3 is 12.1 Å². The molecule has 110 valence electrons. The fourth-order valence-electron chi connectivity index (χ4n) is 1.48. The van der Waals surface area contributed by atoms with Gasteiger partial charge in [0.05, 0.1) is 0 Å². The summed E-state index contributed by atoms with van der Waals surface area (Å²) in [6, 6.07) is 7.63. The molecule has 4 nitrogen and oxygen atoms in total. The minimum atomic E-state index is -4.69. The molecule has 0 aliphatic rings. The number of ether oxygens (including phenoxy) is 1. The summed E-state index contributed by atoms with van der Waals surface area (Å²) in [5.41, 5.74) is -1.68. The number of hydrogen-bond acceptors (Lipinski definition) is 3. The molecule has 0 aliphatic heterocycles. The summed E-state index contributed by atoms with van der Waals surface area (Å²) < 4.78 is 43.7. The van der Waals surface area contributed by atoms with Gasteiger partial charge in [0.2, 0.25) is 5.88 Å². The van der Waals surface area contributed by atoms with Gasteiger partial charge in [-0.25, -0.2) is 9.78 Å². The number of aromatic nitrogens is 1. The van der Waals surface area contributed by atoms with E-state index in [1.54, 1.807) is 12.1 Å². The Morgan fingerprint density at radius 3 is 2.52 bits per heavy atom. The van der Waals surface area contributed by atoms with Crippen molar-refractivity contribution in [1.82, 2.24) is 4.98 Å². The predicted molar refractivity (Wildman–Crippen MR) is 70.4 cm³/mol. The van der Waals surface area contributed by atoms with Crippen molar-refractivity contribution in [1.29, 1.82) is 0 Å². The molecule has 0 fully saturated rings. The van der Waals surface area contributed by atoms with Gasteiger partial charge in [-0.1, -0.05) is 22.0 Å². The molecule has 2 aromatic rings. The maximum absolute atomic E-state index is 12.6. The number of alkyl halides is 3. The van der Waals surface area contributed by atoms with Gasteiger partial charge in [-0.15, -0.1) is 0 Å². The first-order valence-electron chi connectivity index (χ1n) is 5.52. The Balaban J connectivity index is 2.46. The van der Waals surface area contributed by atoms with E-state index in [9.17, 15) is 18.0 Å². The molecule has 2 rings (SSSR count). The molecular formula is C13H7BrF3NO3. The van der Waals surface area contributed by atoms with Crippen LogP contribution in [0, 0.1) is 0 Å². The SMILES string of the molecule is O=C(O)c1ccc(C(F)(F)F)nc1Oc1cccc(Br)c1. The van der Waals surface area contributed by atoms with Crippen LogP contribution in [0.25, 0.3) is 0 Å². The van der Waals surface area contributed by atoms with E-state index < -0.39 is 29.3 Å². The first-order chi connectivity index (χ1) is 9.77. The summed E-state index contributed by atoms with van der Waals surface area (Å²) in [6.45, 7) is 0. The van der Waals surface area contributed by atoms with Gasteiger partial charge in [0.15, 0.2) is 0 Å². The molecule has 0 spiro atoms. The molecule has 1 N–H and O–H groups in total. The number of hydrogen-bond donors (Lipinski definition) is 1. The van der Waals surface area contributed by atoms with Crippen LogP contribution in [0.5, 0.6) is 11.6 Å². The molecule has 0 saturated heterocycles. The Labute approximate surface area is 125 Å². The van der Waals surface area contributed by atoms with Crippen LogP contribution in [0.2, 0.25) is 0 Å².